The highest BCUT2D eigenvalue weighted by Gasteiger charge is 2.30. The maximum absolute atomic E-state index is 13.0. The minimum Gasteiger partial charge on any atom is -0.353 e. The van der Waals surface area contributed by atoms with Gasteiger partial charge in [0.2, 0.25) is 11.7 Å². The molecule has 1 amide bonds. The van der Waals surface area contributed by atoms with E-state index >= 15 is 0 Å². The molecule has 1 saturated heterocycles. The van der Waals surface area contributed by atoms with Crippen molar-refractivity contribution in [1.82, 2.24) is 20.0 Å². The number of anilines is 1. The van der Waals surface area contributed by atoms with Crippen LogP contribution in [-0.4, -0.2) is 52.1 Å². The van der Waals surface area contributed by atoms with Gasteiger partial charge in [-0.05, 0) is 47.9 Å². The van der Waals surface area contributed by atoms with Gasteiger partial charge in [0.15, 0.2) is 0 Å². The quantitative estimate of drug-likeness (QED) is 0.490. The summed E-state index contributed by atoms with van der Waals surface area (Å²) in [6.07, 6.45) is 4.06. The fourth-order valence-corrected chi connectivity index (χ4v) is 4.20. The molecule has 2 aromatic heterocycles. The maximum Gasteiger partial charge on any atom is 0.253 e. The van der Waals surface area contributed by atoms with Crippen molar-refractivity contribution in [2.75, 3.05) is 31.1 Å². The second-order valence-electron chi connectivity index (χ2n) is 8.48. The molecule has 2 aliphatic rings. The summed E-state index contributed by atoms with van der Waals surface area (Å²) >= 11 is 0. The highest BCUT2D eigenvalue weighted by molar-refractivity contribution is 5.98. The Labute approximate surface area is 185 Å². The number of nitrogens with zero attached hydrogens (tertiary/aromatic N) is 5. The third kappa shape index (κ3) is 3.60. The predicted molar refractivity (Wildman–Crippen MR) is 122 cm³/mol. The largest absolute Gasteiger partial charge is 0.353 e. The zero-order valence-corrected chi connectivity index (χ0v) is 17.6. The molecular formula is C25H23N5O2. The van der Waals surface area contributed by atoms with Crippen LogP contribution in [-0.2, 0) is 0 Å². The summed E-state index contributed by atoms with van der Waals surface area (Å²) < 4.78 is 5.35. The molecule has 32 heavy (non-hydrogen) atoms. The molecule has 4 aromatic rings. The molecule has 1 saturated carbocycles. The Morgan fingerprint density at radius 1 is 0.938 bits per heavy atom. The molecule has 160 valence electrons. The summed E-state index contributed by atoms with van der Waals surface area (Å²) in [4.78, 5) is 26.2. The summed E-state index contributed by atoms with van der Waals surface area (Å²) in [6, 6.07) is 18.0. The Morgan fingerprint density at radius 3 is 2.50 bits per heavy atom. The van der Waals surface area contributed by atoms with Gasteiger partial charge in [0.25, 0.3) is 5.91 Å². The number of pyridine rings is 1. The van der Waals surface area contributed by atoms with Crippen LogP contribution in [0, 0.1) is 0 Å². The van der Waals surface area contributed by atoms with Crippen LogP contribution >= 0.6 is 0 Å². The molecule has 3 heterocycles. The van der Waals surface area contributed by atoms with Gasteiger partial charge in [-0.15, -0.1) is 0 Å². The molecule has 1 aliphatic carbocycles. The number of carbonyl (C=O) groups excluding carboxylic acids is 1. The third-order valence-corrected chi connectivity index (χ3v) is 6.26. The summed E-state index contributed by atoms with van der Waals surface area (Å²) in [7, 11) is 0. The first-order chi connectivity index (χ1) is 15.7. The molecule has 0 atom stereocenters. The number of hydrogen-bond donors (Lipinski definition) is 0. The second-order valence-corrected chi connectivity index (χ2v) is 8.48. The van der Waals surface area contributed by atoms with Crippen LogP contribution in [0.15, 0.2) is 65.3 Å². The molecule has 1 aliphatic heterocycles. The van der Waals surface area contributed by atoms with Crippen LogP contribution in [0.2, 0.25) is 0 Å². The summed E-state index contributed by atoms with van der Waals surface area (Å²) in [5.41, 5.74) is 1.60. The van der Waals surface area contributed by atoms with E-state index in [9.17, 15) is 4.79 Å². The van der Waals surface area contributed by atoms with Gasteiger partial charge in [-0.2, -0.15) is 4.98 Å². The van der Waals surface area contributed by atoms with Gasteiger partial charge >= 0.3 is 0 Å². The predicted octanol–water partition coefficient (Wildman–Crippen LogP) is 4.12. The lowest BCUT2D eigenvalue weighted by Crippen LogP contribution is -2.49. The minimum absolute atomic E-state index is 0.0854. The summed E-state index contributed by atoms with van der Waals surface area (Å²) in [5, 5.41) is 6.32. The maximum atomic E-state index is 13.0. The summed E-state index contributed by atoms with van der Waals surface area (Å²) in [5.74, 6) is 2.75. The number of piperazine rings is 1. The van der Waals surface area contributed by atoms with Crippen molar-refractivity contribution in [2.45, 2.75) is 18.8 Å². The molecule has 0 unspecified atom stereocenters. The lowest BCUT2D eigenvalue weighted by molar-refractivity contribution is 0.0746. The Bertz CT molecular complexity index is 1270. The first kappa shape index (κ1) is 19.0. The van der Waals surface area contributed by atoms with Gasteiger partial charge in [0.05, 0.1) is 0 Å². The number of carbonyl (C=O) groups is 1. The standard InChI is InChI=1S/C25H23N5O2/c31-25(20-8-5-17-3-1-2-4-19(17)15-20)30-13-11-29(12-14-30)22-10-9-21(16-26-22)23-27-24(32-28-23)18-6-7-18/h1-5,8-10,15-16,18H,6-7,11-14H2. The first-order valence-corrected chi connectivity index (χ1v) is 11.1. The molecule has 2 aromatic carbocycles. The average Bonchev–Trinajstić information content (AvgIpc) is 3.60. The lowest BCUT2D eigenvalue weighted by atomic mass is 10.1. The highest BCUT2D eigenvalue weighted by Crippen LogP contribution is 2.39. The van der Waals surface area contributed by atoms with Crippen molar-refractivity contribution in [3.8, 4) is 11.4 Å². The summed E-state index contributed by atoms with van der Waals surface area (Å²) in [6.45, 7) is 2.84. The molecule has 0 bridgehead atoms. The molecular weight excluding hydrogens is 402 g/mol. The average molecular weight is 425 g/mol. The van der Waals surface area contributed by atoms with E-state index in [1.165, 1.54) is 0 Å². The van der Waals surface area contributed by atoms with Crippen molar-refractivity contribution < 1.29 is 9.32 Å². The van der Waals surface area contributed by atoms with Crippen molar-refractivity contribution in [1.29, 1.82) is 0 Å². The van der Waals surface area contributed by atoms with Crippen LogP contribution in [0.5, 0.6) is 0 Å². The topological polar surface area (TPSA) is 75.4 Å². The van der Waals surface area contributed by atoms with E-state index < -0.39 is 0 Å². The SMILES string of the molecule is O=C(c1ccc2ccccc2c1)N1CCN(c2ccc(-c3noc(C4CC4)n3)cn2)CC1. The van der Waals surface area contributed by atoms with Crippen molar-refractivity contribution in [2.24, 2.45) is 0 Å². The Balaban J connectivity index is 1.10. The Morgan fingerprint density at radius 2 is 1.75 bits per heavy atom. The molecule has 7 heteroatoms. The van der Waals surface area contributed by atoms with Crippen molar-refractivity contribution in [3.05, 3.63) is 72.2 Å². The Hall–Kier alpha value is -3.74. The van der Waals surface area contributed by atoms with Crippen LogP contribution in [0.4, 0.5) is 5.82 Å². The Kier molecular flexibility index (Phi) is 4.60. The van der Waals surface area contributed by atoms with Gasteiger partial charge in [-0.3, -0.25) is 4.79 Å². The van der Waals surface area contributed by atoms with Gasteiger partial charge in [-0.25, -0.2) is 4.98 Å². The van der Waals surface area contributed by atoms with E-state index in [-0.39, 0.29) is 5.91 Å². The fraction of sp³-hybridized carbons (Fsp3) is 0.280. The van der Waals surface area contributed by atoms with Gasteiger partial charge in [0, 0.05) is 49.4 Å². The number of hydrogen-bond acceptors (Lipinski definition) is 6. The monoisotopic (exact) mass is 425 g/mol. The number of amides is 1. The zero-order valence-electron chi connectivity index (χ0n) is 17.6. The van der Waals surface area contributed by atoms with E-state index in [4.69, 9.17) is 4.52 Å². The van der Waals surface area contributed by atoms with Gasteiger partial charge in [0.1, 0.15) is 5.82 Å². The van der Waals surface area contributed by atoms with Crippen LogP contribution in [0.25, 0.3) is 22.2 Å². The van der Waals surface area contributed by atoms with Crippen LogP contribution in [0.1, 0.15) is 35.0 Å². The van der Waals surface area contributed by atoms with E-state index in [2.05, 4.69) is 26.1 Å². The van der Waals surface area contributed by atoms with E-state index in [1.807, 2.05) is 53.4 Å². The van der Waals surface area contributed by atoms with Gasteiger partial charge in [-0.1, -0.05) is 35.5 Å². The number of rotatable bonds is 4. The first-order valence-electron chi connectivity index (χ1n) is 11.1. The number of aromatic nitrogens is 3. The van der Waals surface area contributed by atoms with Crippen molar-refractivity contribution in [3.63, 3.8) is 0 Å². The van der Waals surface area contributed by atoms with Crippen LogP contribution in [0.3, 0.4) is 0 Å². The van der Waals surface area contributed by atoms with Gasteiger partial charge < -0.3 is 14.3 Å². The van der Waals surface area contributed by atoms with Crippen LogP contribution < -0.4 is 4.90 Å². The number of fused-ring (bicyclic) bond motifs is 1. The van der Waals surface area contributed by atoms with E-state index in [1.54, 1.807) is 6.20 Å². The highest BCUT2D eigenvalue weighted by atomic mass is 16.5. The van der Waals surface area contributed by atoms with Crippen molar-refractivity contribution >= 4 is 22.5 Å². The molecule has 0 spiro atoms. The zero-order chi connectivity index (χ0) is 21.5. The molecule has 7 nitrogen and oxygen atoms in total. The minimum atomic E-state index is 0.0854. The third-order valence-electron chi connectivity index (χ3n) is 6.26. The smallest absolute Gasteiger partial charge is 0.253 e. The van der Waals surface area contributed by atoms with E-state index in [0.29, 0.717) is 24.8 Å². The molecule has 6 rings (SSSR count). The molecule has 0 N–H and O–H groups in total. The molecule has 0 radical (unpaired) electrons. The molecule has 2 fully saturated rings. The number of benzene rings is 2. The fourth-order valence-electron chi connectivity index (χ4n) is 4.20. The normalized spacial score (nSPS) is 16.5. The second kappa shape index (κ2) is 7.75. The lowest BCUT2D eigenvalue weighted by Gasteiger charge is -2.35. The van der Waals surface area contributed by atoms with E-state index in [0.717, 1.165) is 59.5 Å².